The van der Waals surface area contributed by atoms with Gasteiger partial charge >= 0.3 is 14.3 Å². The number of methoxy groups -OCH3 is 2. The summed E-state index contributed by atoms with van der Waals surface area (Å²) in [6.07, 6.45) is 1.58. The molecule has 0 fully saturated rings. The highest BCUT2D eigenvalue weighted by atomic mass is 28.4. The van der Waals surface area contributed by atoms with Gasteiger partial charge in [0.25, 0.3) is 5.91 Å². The third-order valence-corrected chi connectivity index (χ3v) is 13.9. The number of rotatable bonds is 10. The predicted molar refractivity (Wildman–Crippen MR) is 191 cm³/mol. The van der Waals surface area contributed by atoms with E-state index in [1.54, 1.807) is 43.0 Å². The Morgan fingerprint density at radius 3 is 2.10 bits per heavy atom. The van der Waals surface area contributed by atoms with E-state index < -0.39 is 14.3 Å². The maximum atomic E-state index is 14.7. The lowest BCUT2D eigenvalue weighted by molar-refractivity contribution is 0.0514. The van der Waals surface area contributed by atoms with Gasteiger partial charge in [-0.2, -0.15) is 0 Å². The van der Waals surface area contributed by atoms with Crippen molar-refractivity contribution in [2.45, 2.75) is 45.8 Å². The summed E-state index contributed by atoms with van der Waals surface area (Å²) in [6, 6.07) is 31.8. The van der Waals surface area contributed by atoms with Crippen LogP contribution in [0.25, 0.3) is 5.69 Å². The first-order valence-electron chi connectivity index (χ1n) is 16.3. The third kappa shape index (κ3) is 6.20. The van der Waals surface area contributed by atoms with E-state index in [-0.39, 0.29) is 36.3 Å². The Labute approximate surface area is 288 Å². The summed E-state index contributed by atoms with van der Waals surface area (Å²) >= 11 is 0. The molecular weight excluding hydrogens is 635 g/mol. The van der Waals surface area contributed by atoms with Crippen LogP contribution in [0.4, 0.5) is 0 Å². The molecule has 5 aromatic rings. The highest BCUT2D eigenvalue weighted by Gasteiger charge is 2.52. The van der Waals surface area contributed by atoms with Crippen molar-refractivity contribution >= 4 is 30.6 Å². The number of aromatic nitrogens is 2. The number of nitrogens with zero attached hydrogens (tertiary/aromatic N) is 3. The van der Waals surface area contributed by atoms with Crippen LogP contribution in [0.5, 0.6) is 17.2 Å². The first-order valence-corrected chi connectivity index (χ1v) is 18.2. The molecule has 1 amide bonds. The van der Waals surface area contributed by atoms with Crippen LogP contribution >= 0.6 is 0 Å². The van der Waals surface area contributed by atoms with Gasteiger partial charge in [0.05, 0.1) is 50.9 Å². The SMILES string of the molecule is CCOC(=O)c1ncn2c1CN(Cc1ccc(OC)cc1OC)C(=O)c1cc(O[Si](c3ccccc3)(c3ccccc3)C(C)(C)C)ccc1-2. The average molecular weight is 676 g/mol. The summed E-state index contributed by atoms with van der Waals surface area (Å²) in [5.74, 6) is 1.04. The minimum atomic E-state index is -2.99. The quantitative estimate of drug-likeness (QED) is 0.129. The van der Waals surface area contributed by atoms with E-state index in [4.69, 9.17) is 18.6 Å². The number of amides is 1. The van der Waals surface area contributed by atoms with Gasteiger partial charge in [-0.05, 0) is 52.7 Å². The van der Waals surface area contributed by atoms with E-state index in [1.807, 2.05) is 66.7 Å². The molecule has 0 saturated heterocycles. The number of hydrogen-bond donors (Lipinski definition) is 0. The first-order chi connectivity index (χ1) is 23.6. The Bertz CT molecular complexity index is 1930. The maximum absolute atomic E-state index is 14.7. The van der Waals surface area contributed by atoms with Crippen LogP contribution in [0, 0.1) is 0 Å². The smallest absolute Gasteiger partial charge is 0.358 e. The second-order valence-electron chi connectivity index (χ2n) is 12.9. The van der Waals surface area contributed by atoms with Gasteiger partial charge in [0.15, 0.2) is 5.69 Å². The van der Waals surface area contributed by atoms with E-state index in [2.05, 4.69) is 50.0 Å². The standard InChI is InChI=1S/C39H41N3O6Si/c1-7-47-38(44)36-34-25-41(24-27-18-19-28(45-5)23-35(27)46-6)37(43)32-22-29(20-21-33(32)42(34)26-40-36)48-49(39(2,3)4,30-14-10-8-11-15-30)31-16-12-9-13-17-31/h8-23,26H,7,24-25H2,1-6H3. The molecule has 0 saturated carbocycles. The van der Waals surface area contributed by atoms with Crippen LogP contribution in [0.1, 0.15) is 59.8 Å². The van der Waals surface area contributed by atoms with Gasteiger partial charge in [-0.1, -0.05) is 81.4 Å². The Hall–Kier alpha value is -5.35. The summed E-state index contributed by atoms with van der Waals surface area (Å²) in [5.41, 5.74) is 2.53. The van der Waals surface area contributed by atoms with Crippen molar-refractivity contribution in [3.05, 3.63) is 126 Å². The zero-order valence-electron chi connectivity index (χ0n) is 28.7. The lowest BCUT2D eigenvalue weighted by Crippen LogP contribution is -2.68. The molecule has 0 aliphatic carbocycles. The largest absolute Gasteiger partial charge is 0.534 e. The number of carbonyl (C=O) groups is 2. The number of ether oxygens (including phenoxy) is 3. The van der Waals surface area contributed by atoms with Crippen molar-refractivity contribution in [3.8, 4) is 22.9 Å². The predicted octanol–water partition coefficient (Wildman–Crippen LogP) is 6.16. The molecule has 252 valence electrons. The number of imidazole rings is 1. The Balaban J connectivity index is 1.51. The summed E-state index contributed by atoms with van der Waals surface area (Å²) in [6.45, 7) is 8.92. The van der Waals surface area contributed by atoms with E-state index in [1.165, 1.54) is 0 Å². The van der Waals surface area contributed by atoms with E-state index in [0.717, 1.165) is 15.9 Å². The second-order valence-corrected chi connectivity index (χ2v) is 17.1. The molecule has 9 nitrogen and oxygen atoms in total. The number of hydrogen-bond acceptors (Lipinski definition) is 7. The Morgan fingerprint density at radius 2 is 1.51 bits per heavy atom. The van der Waals surface area contributed by atoms with Gasteiger partial charge in [0.1, 0.15) is 23.6 Å². The van der Waals surface area contributed by atoms with Crippen LogP contribution < -0.4 is 24.3 Å². The summed E-state index contributed by atoms with van der Waals surface area (Å²) in [4.78, 5) is 33.9. The van der Waals surface area contributed by atoms with Gasteiger partial charge < -0.3 is 23.5 Å². The van der Waals surface area contributed by atoms with E-state index in [0.29, 0.717) is 34.2 Å². The molecule has 0 radical (unpaired) electrons. The van der Waals surface area contributed by atoms with Crippen molar-refractivity contribution in [2.24, 2.45) is 0 Å². The van der Waals surface area contributed by atoms with Gasteiger partial charge in [0, 0.05) is 11.6 Å². The zero-order valence-corrected chi connectivity index (χ0v) is 29.7. The highest BCUT2D eigenvalue weighted by Crippen LogP contribution is 2.39. The van der Waals surface area contributed by atoms with Crippen LogP contribution in [0.3, 0.4) is 0 Å². The van der Waals surface area contributed by atoms with Crippen LogP contribution in [-0.2, 0) is 17.8 Å². The number of benzene rings is 4. The molecule has 1 aromatic heterocycles. The molecule has 0 bridgehead atoms. The maximum Gasteiger partial charge on any atom is 0.358 e. The molecule has 6 rings (SSSR count). The minimum absolute atomic E-state index is 0.113. The molecule has 10 heteroatoms. The second kappa shape index (κ2) is 13.6. The number of esters is 1. The van der Waals surface area contributed by atoms with Crippen molar-refractivity contribution in [3.63, 3.8) is 0 Å². The highest BCUT2D eigenvalue weighted by molar-refractivity contribution is 7.00. The molecule has 0 spiro atoms. The van der Waals surface area contributed by atoms with E-state index in [9.17, 15) is 9.59 Å². The summed E-state index contributed by atoms with van der Waals surface area (Å²) in [5, 5.41) is 1.97. The summed E-state index contributed by atoms with van der Waals surface area (Å²) in [7, 11) is 0.180. The number of fused-ring (bicyclic) bond motifs is 3. The normalized spacial score (nSPS) is 12.9. The fraction of sp³-hybridized carbons (Fsp3) is 0.256. The lowest BCUT2D eigenvalue weighted by atomic mass is 10.1. The van der Waals surface area contributed by atoms with Crippen molar-refractivity contribution in [1.29, 1.82) is 0 Å². The van der Waals surface area contributed by atoms with Crippen LogP contribution in [0.2, 0.25) is 5.04 Å². The molecule has 0 N–H and O–H groups in total. The zero-order chi connectivity index (χ0) is 34.8. The van der Waals surface area contributed by atoms with Crippen molar-refractivity contribution in [2.75, 3.05) is 20.8 Å². The van der Waals surface area contributed by atoms with Crippen LogP contribution in [0.15, 0.2) is 103 Å². The van der Waals surface area contributed by atoms with Crippen LogP contribution in [-0.4, -0.2) is 55.5 Å². The fourth-order valence-electron chi connectivity index (χ4n) is 6.63. The van der Waals surface area contributed by atoms with E-state index >= 15 is 0 Å². The van der Waals surface area contributed by atoms with Gasteiger partial charge in [-0.3, -0.25) is 9.36 Å². The minimum Gasteiger partial charge on any atom is -0.534 e. The topological polar surface area (TPSA) is 92.1 Å². The third-order valence-electron chi connectivity index (χ3n) is 8.96. The molecule has 0 unspecified atom stereocenters. The van der Waals surface area contributed by atoms with Gasteiger partial charge in [0.2, 0.25) is 0 Å². The van der Waals surface area contributed by atoms with Crippen molar-refractivity contribution < 1.29 is 28.2 Å². The Kier molecular flexibility index (Phi) is 9.34. The Morgan fingerprint density at radius 1 is 0.857 bits per heavy atom. The molecular formula is C39H41N3O6Si. The van der Waals surface area contributed by atoms with Gasteiger partial charge in [-0.25, -0.2) is 9.78 Å². The number of carbonyl (C=O) groups excluding carboxylic acids is 2. The monoisotopic (exact) mass is 675 g/mol. The molecule has 1 aliphatic heterocycles. The molecule has 4 aromatic carbocycles. The molecule has 0 atom stereocenters. The van der Waals surface area contributed by atoms with Crippen molar-refractivity contribution in [1.82, 2.24) is 14.5 Å². The lowest BCUT2D eigenvalue weighted by Gasteiger charge is -2.43. The average Bonchev–Trinajstić information content (AvgIpc) is 3.49. The molecule has 1 aliphatic rings. The summed E-state index contributed by atoms with van der Waals surface area (Å²) < 4.78 is 25.5. The molecule has 2 heterocycles. The fourth-order valence-corrected chi connectivity index (χ4v) is 11.0. The first kappa shape index (κ1) is 33.5. The molecule has 49 heavy (non-hydrogen) atoms. The van der Waals surface area contributed by atoms with Gasteiger partial charge in [-0.15, -0.1) is 0 Å².